The van der Waals surface area contributed by atoms with Crippen LogP contribution in [0.5, 0.6) is 0 Å². The molecule has 5 nitrogen and oxygen atoms in total. The van der Waals surface area contributed by atoms with E-state index in [9.17, 15) is 9.59 Å². The molecule has 1 heterocycles. The van der Waals surface area contributed by atoms with Gasteiger partial charge in [-0.25, -0.2) is 0 Å². The van der Waals surface area contributed by atoms with Gasteiger partial charge in [0.1, 0.15) is 0 Å². The molecule has 1 unspecified atom stereocenters. The highest BCUT2D eigenvalue weighted by atomic mass is 32.2. The fourth-order valence-electron chi connectivity index (χ4n) is 2.13. The number of unbranched alkanes of at least 4 members (excludes halogenated alkanes) is 1. The number of carbonyl (C=O) groups is 2. The number of hydrogen-bond donors (Lipinski definition) is 3. The first kappa shape index (κ1) is 16.8. The van der Waals surface area contributed by atoms with Gasteiger partial charge < -0.3 is 10.6 Å². The van der Waals surface area contributed by atoms with E-state index in [-0.39, 0.29) is 17.9 Å². The molecule has 0 saturated carbocycles. The van der Waals surface area contributed by atoms with Crippen molar-refractivity contribution >= 4 is 23.6 Å². The molecule has 1 aliphatic heterocycles. The first-order valence-corrected chi connectivity index (χ1v) is 8.82. The average molecular weight is 321 g/mol. The maximum atomic E-state index is 11.9. The van der Waals surface area contributed by atoms with E-state index in [1.807, 2.05) is 12.1 Å². The predicted octanol–water partition coefficient (Wildman–Crippen LogP) is 1.50. The molecule has 3 N–H and O–H groups in total. The summed E-state index contributed by atoms with van der Waals surface area (Å²) >= 11 is 1.73. The maximum Gasteiger partial charge on any atom is 0.251 e. The number of benzene rings is 1. The van der Waals surface area contributed by atoms with Crippen molar-refractivity contribution in [3.8, 4) is 0 Å². The Kier molecular flexibility index (Phi) is 6.74. The van der Waals surface area contributed by atoms with Crippen LogP contribution in [0.15, 0.2) is 24.3 Å². The van der Waals surface area contributed by atoms with E-state index in [1.165, 1.54) is 0 Å². The Bertz CT molecular complexity index is 499. The molecule has 6 heteroatoms. The number of rotatable bonds is 7. The number of hydrogen-bond acceptors (Lipinski definition) is 4. The van der Waals surface area contributed by atoms with E-state index in [1.54, 1.807) is 23.9 Å². The normalized spacial score (nSPS) is 17.2. The van der Waals surface area contributed by atoms with Crippen molar-refractivity contribution in [2.24, 2.45) is 0 Å². The van der Waals surface area contributed by atoms with Crippen LogP contribution >= 0.6 is 11.8 Å². The average Bonchev–Trinajstić information content (AvgIpc) is 3.08. The van der Waals surface area contributed by atoms with Gasteiger partial charge in [0.15, 0.2) is 0 Å². The summed E-state index contributed by atoms with van der Waals surface area (Å²) in [5.41, 5.74) is 1.64. The van der Waals surface area contributed by atoms with Gasteiger partial charge in [-0.3, -0.25) is 14.9 Å². The van der Waals surface area contributed by atoms with Crippen LogP contribution in [0.4, 0.5) is 0 Å². The lowest BCUT2D eigenvalue weighted by Crippen LogP contribution is -2.41. The molecule has 0 bridgehead atoms. The maximum absolute atomic E-state index is 11.9. The fourth-order valence-corrected chi connectivity index (χ4v) is 3.07. The summed E-state index contributed by atoms with van der Waals surface area (Å²) in [6.45, 7) is 3.29. The molecule has 2 amide bonds. The summed E-state index contributed by atoms with van der Waals surface area (Å²) in [6, 6.07) is 7.27. The van der Waals surface area contributed by atoms with Gasteiger partial charge in [-0.15, -0.1) is 11.8 Å². The molecule has 1 aromatic rings. The highest BCUT2D eigenvalue weighted by Crippen LogP contribution is 2.10. The Hall–Kier alpha value is -1.53. The minimum absolute atomic E-state index is 0.0337. The smallest absolute Gasteiger partial charge is 0.251 e. The largest absolute Gasteiger partial charge is 0.352 e. The second-order valence-electron chi connectivity index (χ2n) is 5.30. The van der Waals surface area contributed by atoms with Gasteiger partial charge in [0.2, 0.25) is 5.91 Å². The molecule has 0 radical (unpaired) electrons. The first-order chi connectivity index (χ1) is 10.7. The number of amides is 2. The van der Waals surface area contributed by atoms with Crippen LogP contribution in [0.3, 0.4) is 0 Å². The molecule has 0 aliphatic carbocycles. The third-order valence-electron chi connectivity index (χ3n) is 3.53. The van der Waals surface area contributed by atoms with Crippen LogP contribution in [0.25, 0.3) is 0 Å². The van der Waals surface area contributed by atoms with Gasteiger partial charge in [0, 0.05) is 30.3 Å². The van der Waals surface area contributed by atoms with Gasteiger partial charge in [-0.05, 0) is 24.1 Å². The van der Waals surface area contributed by atoms with E-state index < -0.39 is 0 Å². The lowest BCUT2D eigenvalue weighted by Gasteiger charge is -2.11. The monoisotopic (exact) mass is 321 g/mol. The summed E-state index contributed by atoms with van der Waals surface area (Å²) in [5.74, 6) is 1.64. The van der Waals surface area contributed by atoms with Gasteiger partial charge in [-0.2, -0.15) is 0 Å². The summed E-state index contributed by atoms with van der Waals surface area (Å²) in [7, 11) is 0. The zero-order valence-corrected chi connectivity index (χ0v) is 13.7. The Balaban J connectivity index is 1.78. The van der Waals surface area contributed by atoms with E-state index in [0.717, 1.165) is 30.0 Å². The molecule has 1 saturated heterocycles. The van der Waals surface area contributed by atoms with Crippen molar-refractivity contribution in [3.05, 3.63) is 35.4 Å². The highest BCUT2D eigenvalue weighted by Gasteiger charge is 2.21. The Morgan fingerprint density at radius 3 is 2.68 bits per heavy atom. The van der Waals surface area contributed by atoms with E-state index in [4.69, 9.17) is 0 Å². The minimum Gasteiger partial charge on any atom is -0.352 e. The van der Waals surface area contributed by atoms with Crippen molar-refractivity contribution in [1.29, 1.82) is 0 Å². The zero-order valence-electron chi connectivity index (χ0n) is 12.9. The van der Waals surface area contributed by atoms with Crippen molar-refractivity contribution in [2.45, 2.75) is 32.4 Å². The van der Waals surface area contributed by atoms with Crippen LogP contribution in [0.1, 0.15) is 35.7 Å². The van der Waals surface area contributed by atoms with Crippen LogP contribution < -0.4 is 16.0 Å². The third-order valence-corrected chi connectivity index (χ3v) is 4.47. The topological polar surface area (TPSA) is 70.2 Å². The Morgan fingerprint density at radius 1 is 1.27 bits per heavy atom. The van der Waals surface area contributed by atoms with Gasteiger partial charge in [0.25, 0.3) is 5.91 Å². The molecule has 2 rings (SSSR count). The summed E-state index contributed by atoms with van der Waals surface area (Å²) in [5, 5.41) is 8.94. The second kappa shape index (κ2) is 8.80. The van der Waals surface area contributed by atoms with E-state index in [0.29, 0.717) is 18.7 Å². The fraction of sp³-hybridized carbons (Fsp3) is 0.500. The standard InChI is InChI=1S/C16H23N3O2S/c1-2-3-8-17-15(20)13-6-4-12(5-7-13)9-18-16(21)14-10-22-11-19-14/h4-7,14,19H,2-3,8-11H2,1H3,(H,17,20)(H,18,21). The second-order valence-corrected chi connectivity index (χ2v) is 6.33. The molecule has 1 aliphatic rings. The van der Waals surface area contributed by atoms with Crippen LogP contribution in [-0.4, -0.2) is 36.0 Å². The Morgan fingerprint density at radius 2 is 2.05 bits per heavy atom. The van der Waals surface area contributed by atoms with Crippen LogP contribution in [-0.2, 0) is 11.3 Å². The highest BCUT2D eigenvalue weighted by molar-refractivity contribution is 7.99. The molecular weight excluding hydrogens is 298 g/mol. The number of carbonyl (C=O) groups excluding carboxylic acids is 2. The first-order valence-electron chi connectivity index (χ1n) is 7.66. The van der Waals surface area contributed by atoms with Gasteiger partial charge in [-0.1, -0.05) is 25.5 Å². The molecule has 120 valence electrons. The zero-order chi connectivity index (χ0) is 15.8. The Labute approximate surface area is 135 Å². The van der Waals surface area contributed by atoms with Crippen LogP contribution in [0.2, 0.25) is 0 Å². The van der Waals surface area contributed by atoms with Gasteiger partial charge in [0.05, 0.1) is 6.04 Å². The molecule has 1 aromatic carbocycles. The molecule has 22 heavy (non-hydrogen) atoms. The van der Waals surface area contributed by atoms with Gasteiger partial charge >= 0.3 is 0 Å². The summed E-state index contributed by atoms with van der Waals surface area (Å²) in [6.07, 6.45) is 2.05. The molecule has 1 atom stereocenters. The number of nitrogens with one attached hydrogen (secondary N) is 3. The molecule has 1 fully saturated rings. The lowest BCUT2D eigenvalue weighted by atomic mass is 10.1. The van der Waals surface area contributed by atoms with Crippen molar-refractivity contribution in [1.82, 2.24) is 16.0 Å². The van der Waals surface area contributed by atoms with E-state index in [2.05, 4.69) is 22.9 Å². The van der Waals surface area contributed by atoms with Crippen LogP contribution in [0, 0.1) is 0 Å². The number of thioether (sulfide) groups is 1. The summed E-state index contributed by atoms with van der Waals surface area (Å²) < 4.78 is 0. The van der Waals surface area contributed by atoms with Crippen molar-refractivity contribution < 1.29 is 9.59 Å². The SMILES string of the molecule is CCCCNC(=O)c1ccc(CNC(=O)C2CSCN2)cc1. The summed E-state index contributed by atoms with van der Waals surface area (Å²) in [4.78, 5) is 23.8. The quantitative estimate of drug-likeness (QED) is 0.666. The molecule has 0 aromatic heterocycles. The van der Waals surface area contributed by atoms with Crippen molar-refractivity contribution in [2.75, 3.05) is 18.2 Å². The minimum atomic E-state index is -0.0892. The van der Waals surface area contributed by atoms with Crippen molar-refractivity contribution in [3.63, 3.8) is 0 Å². The van der Waals surface area contributed by atoms with E-state index >= 15 is 0 Å². The lowest BCUT2D eigenvalue weighted by molar-refractivity contribution is -0.122. The third kappa shape index (κ3) is 5.03. The molecular formula is C16H23N3O2S. The predicted molar refractivity (Wildman–Crippen MR) is 89.8 cm³/mol. The molecule has 0 spiro atoms.